The minimum atomic E-state index is 0.128. The molecule has 0 saturated heterocycles. The Balaban J connectivity index is 3.35. The maximum atomic E-state index is 7.45. The summed E-state index contributed by atoms with van der Waals surface area (Å²) in [5.41, 5.74) is 15.7. The molecule has 3 nitrogen and oxygen atoms in total. The lowest BCUT2D eigenvalue weighted by Crippen LogP contribution is -2.14. The summed E-state index contributed by atoms with van der Waals surface area (Å²) in [5.74, 6) is 0.128. The molecule has 0 amide bonds. The van der Waals surface area contributed by atoms with E-state index in [1.54, 1.807) is 0 Å². The second-order valence-electron chi connectivity index (χ2n) is 3.60. The van der Waals surface area contributed by atoms with E-state index in [1.165, 1.54) is 16.7 Å². The third kappa shape index (κ3) is 2.36. The molecule has 0 heterocycles. The lowest BCUT2D eigenvalue weighted by Gasteiger charge is -2.13. The van der Waals surface area contributed by atoms with Crippen LogP contribution in [0.25, 0.3) is 0 Å². The molecule has 0 unspecified atom stereocenters. The minimum absolute atomic E-state index is 0.128. The molecule has 0 spiro atoms. The number of nitrogens with two attached hydrogens (primary N) is 2. The molecule has 1 rings (SSSR count). The Morgan fingerprint density at radius 1 is 1.20 bits per heavy atom. The zero-order valence-electron chi connectivity index (χ0n) is 9.43. The zero-order valence-corrected chi connectivity index (χ0v) is 9.43. The highest BCUT2D eigenvalue weighted by molar-refractivity contribution is 5.95. The van der Waals surface area contributed by atoms with Crippen molar-refractivity contribution in [2.75, 3.05) is 0 Å². The van der Waals surface area contributed by atoms with Gasteiger partial charge in [-0.2, -0.15) is 0 Å². The van der Waals surface area contributed by atoms with Crippen LogP contribution >= 0.6 is 0 Å². The SMILES string of the molecule is CCc1cc(C(=N)N)cc(CC)c1CN. The second kappa shape index (κ2) is 4.94. The van der Waals surface area contributed by atoms with E-state index in [0.717, 1.165) is 18.4 Å². The van der Waals surface area contributed by atoms with E-state index in [-0.39, 0.29) is 5.84 Å². The summed E-state index contributed by atoms with van der Waals surface area (Å²) in [6, 6.07) is 3.95. The molecule has 0 aliphatic carbocycles. The predicted molar refractivity (Wildman–Crippen MR) is 64.1 cm³/mol. The maximum absolute atomic E-state index is 7.45. The summed E-state index contributed by atoms with van der Waals surface area (Å²) in [5, 5.41) is 7.45. The van der Waals surface area contributed by atoms with Crippen molar-refractivity contribution in [1.29, 1.82) is 5.41 Å². The van der Waals surface area contributed by atoms with Crippen molar-refractivity contribution in [2.45, 2.75) is 33.2 Å². The molecule has 0 aliphatic rings. The Bertz CT molecular complexity index is 344. The molecule has 82 valence electrons. The highest BCUT2D eigenvalue weighted by Gasteiger charge is 2.08. The molecule has 0 saturated carbocycles. The van der Waals surface area contributed by atoms with Crippen LogP contribution in [0.5, 0.6) is 0 Å². The summed E-state index contributed by atoms with van der Waals surface area (Å²) < 4.78 is 0. The summed E-state index contributed by atoms with van der Waals surface area (Å²) in [6.07, 6.45) is 1.86. The molecular weight excluding hydrogens is 186 g/mol. The fourth-order valence-electron chi connectivity index (χ4n) is 1.85. The van der Waals surface area contributed by atoms with Crippen molar-refractivity contribution in [3.8, 4) is 0 Å². The van der Waals surface area contributed by atoms with Crippen LogP contribution in [0, 0.1) is 5.41 Å². The first kappa shape index (κ1) is 11.7. The Labute approximate surface area is 91.0 Å². The first-order valence-electron chi connectivity index (χ1n) is 5.33. The molecule has 1 aromatic carbocycles. The van der Waals surface area contributed by atoms with Gasteiger partial charge in [-0.25, -0.2) is 0 Å². The molecule has 0 fully saturated rings. The van der Waals surface area contributed by atoms with Crippen molar-refractivity contribution in [1.82, 2.24) is 0 Å². The van der Waals surface area contributed by atoms with Gasteiger partial charge in [0, 0.05) is 12.1 Å². The minimum Gasteiger partial charge on any atom is -0.384 e. The number of hydrogen-bond donors (Lipinski definition) is 3. The topological polar surface area (TPSA) is 75.9 Å². The molecule has 0 bridgehead atoms. The van der Waals surface area contributed by atoms with Gasteiger partial charge in [0.1, 0.15) is 5.84 Å². The van der Waals surface area contributed by atoms with Crippen LogP contribution in [0.4, 0.5) is 0 Å². The van der Waals surface area contributed by atoms with E-state index in [2.05, 4.69) is 13.8 Å². The number of nitrogens with one attached hydrogen (secondary N) is 1. The maximum Gasteiger partial charge on any atom is 0.122 e. The fraction of sp³-hybridized carbons (Fsp3) is 0.417. The fourth-order valence-corrected chi connectivity index (χ4v) is 1.85. The van der Waals surface area contributed by atoms with Crippen molar-refractivity contribution >= 4 is 5.84 Å². The second-order valence-corrected chi connectivity index (χ2v) is 3.60. The van der Waals surface area contributed by atoms with Gasteiger partial charge >= 0.3 is 0 Å². The van der Waals surface area contributed by atoms with Gasteiger partial charge in [0.15, 0.2) is 0 Å². The smallest absolute Gasteiger partial charge is 0.122 e. The van der Waals surface area contributed by atoms with Crippen LogP contribution in [0.15, 0.2) is 12.1 Å². The van der Waals surface area contributed by atoms with Crippen molar-refractivity contribution in [2.24, 2.45) is 11.5 Å². The first-order chi connectivity index (χ1) is 7.13. The van der Waals surface area contributed by atoms with E-state index in [9.17, 15) is 0 Å². The van der Waals surface area contributed by atoms with Crippen LogP contribution in [0.3, 0.4) is 0 Å². The average Bonchev–Trinajstić information content (AvgIpc) is 2.26. The van der Waals surface area contributed by atoms with Gasteiger partial charge in [0.05, 0.1) is 0 Å². The van der Waals surface area contributed by atoms with Crippen LogP contribution in [-0.2, 0) is 19.4 Å². The summed E-state index contributed by atoms with van der Waals surface area (Å²) >= 11 is 0. The normalized spacial score (nSPS) is 10.3. The van der Waals surface area contributed by atoms with Crippen LogP contribution in [-0.4, -0.2) is 5.84 Å². The van der Waals surface area contributed by atoms with E-state index < -0.39 is 0 Å². The van der Waals surface area contributed by atoms with Crippen molar-refractivity contribution in [3.63, 3.8) is 0 Å². The van der Waals surface area contributed by atoms with Crippen LogP contribution in [0.1, 0.15) is 36.1 Å². The molecule has 5 N–H and O–H groups in total. The molecule has 0 atom stereocenters. The first-order valence-corrected chi connectivity index (χ1v) is 5.33. The summed E-state index contributed by atoms with van der Waals surface area (Å²) in [6.45, 7) is 4.75. The molecule has 0 aromatic heterocycles. The monoisotopic (exact) mass is 205 g/mol. The molecular formula is C12H19N3. The summed E-state index contributed by atoms with van der Waals surface area (Å²) in [7, 11) is 0. The third-order valence-electron chi connectivity index (χ3n) is 2.71. The van der Waals surface area contributed by atoms with Gasteiger partial charge in [-0.3, -0.25) is 5.41 Å². The predicted octanol–water partition coefficient (Wildman–Crippen LogP) is 1.55. The van der Waals surface area contributed by atoms with Gasteiger partial charge in [0.25, 0.3) is 0 Å². The number of rotatable bonds is 4. The highest BCUT2D eigenvalue weighted by Crippen LogP contribution is 2.18. The number of benzene rings is 1. The quantitative estimate of drug-likeness (QED) is 0.515. The standard InChI is InChI=1S/C12H19N3/c1-3-8-5-10(12(14)15)6-9(4-2)11(8)7-13/h5-6H,3-4,7,13H2,1-2H3,(H3,14,15). The van der Waals surface area contributed by atoms with E-state index >= 15 is 0 Å². The number of aryl methyl sites for hydroxylation is 2. The van der Waals surface area contributed by atoms with Gasteiger partial charge in [-0.15, -0.1) is 0 Å². The van der Waals surface area contributed by atoms with Crippen LogP contribution in [0.2, 0.25) is 0 Å². The zero-order chi connectivity index (χ0) is 11.4. The Morgan fingerprint density at radius 3 is 1.93 bits per heavy atom. The van der Waals surface area contributed by atoms with E-state index in [4.69, 9.17) is 16.9 Å². The molecule has 0 radical (unpaired) electrons. The molecule has 0 aliphatic heterocycles. The lowest BCUT2D eigenvalue weighted by atomic mass is 9.94. The third-order valence-corrected chi connectivity index (χ3v) is 2.71. The Morgan fingerprint density at radius 2 is 1.67 bits per heavy atom. The molecule has 15 heavy (non-hydrogen) atoms. The Hall–Kier alpha value is -1.35. The van der Waals surface area contributed by atoms with Gasteiger partial charge < -0.3 is 11.5 Å². The number of nitrogen functional groups attached to an aromatic ring is 1. The summed E-state index contributed by atoms with van der Waals surface area (Å²) in [4.78, 5) is 0. The number of hydrogen-bond acceptors (Lipinski definition) is 2. The van der Waals surface area contributed by atoms with Gasteiger partial charge in [0.2, 0.25) is 0 Å². The highest BCUT2D eigenvalue weighted by atomic mass is 14.7. The molecule has 3 heteroatoms. The average molecular weight is 205 g/mol. The van der Waals surface area contributed by atoms with Gasteiger partial charge in [-0.05, 0) is 41.7 Å². The van der Waals surface area contributed by atoms with Crippen molar-refractivity contribution in [3.05, 3.63) is 34.4 Å². The van der Waals surface area contributed by atoms with E-state index in [1.807, 2.05) is 12.1 Å². The van der Waals surface area contributed by atoms with Gasteiger partial charge in [-0.1, -0.05) is 13.8 Å². The lowest BCUT2D eigenvalue weighted by molar-refractivity contribution is 0.954. The number of amidine groups is 1. The largest absolute Gasteiger partial charge is 0.384 e. The Kier molecular flexibility index (Phi) is 3.86. The van der Waals surface area contributed by atoms with Crippen LogP contribution < -0.4 is 11.5 Å². The molecule has 1 aromatic rings. The van der Waals surface area contributed by atoms with E-state index in [0.29, 0.717) is 6.54 Å². The van der Waals surface area contributed by atoms with Crippen molar-refractivity contribution < 1.29 is 0 Å².